The Labute approximate surface area is 337 Å². The van der Waals surface area contributed by atoms with Gasteiger partial charge in [-0.2, -0.15) is 5.26 Å². The van der Waals surface area contributed by atoms with Crippen LogP contribution < -0.4 is 9.64 Å². The van der Waals surface area contributed by atoms with Gasteiger partial charge in [-0.15, -0.1) is 0 Å². The van der Waals surface area contributed by atoms with Gasteiger partial charge in [-0.25, -0.2) is 4.79 Å². The minimum absolute atomic E-state index is 0.306. The van der Waals surface area contributed by atoms with Gasteiger partial charge in [0.25, 0.3) is 0 Å². The average molecular weight is 749 g/mol. The molecule has 1 atom stereocenters. The number of hydrogen-bond donors (Lipinski definition) is 1. The van der Waals surface area contributed by atoms with Gasteiger partial charge in [0.2, 0.25) is 0 Å². The summed E-state index contributed by atoms with van der Waals surface area (Å²) in [6.07, 6.45) is 5.72. The first-order valence-electron chi connectivity index (χ1n) is 19.1. The van der Waals surface area contributed by atoms with Gasteiger partial charge in [-0.3, -0.25) is 0 Å². The molecule has 0 fully saturated rings. The number of carboxylic acids is 1. The topological polar surface area (TPSA) is 73.6 Å². The molecule has 1 aliphatic heterocycles. The average Bonchev–Trinajstić information content (AvgIpc) is 3.29. The molecule has 9 rings (SSSR count). The second-order valence-electron chi connectivity index (χ2n) is 14.2. The Morgan fingerprint density at radius 2 is 1.10 bits per heavy atom. The maximum absolute atomic E-state index is 11.3. The van der Waals surface area contributed by atoms with Crippen molar-refractivity contribution in [1.29, 1.82) is 5.26 Å². The Hall–Kier alpha value is -7.94. The van der Waals surface area contributed by atoms with E-state index in [0.717, 1.165) is 72.5 Å². The highest BCUT2D eigenvalue weighted by Crippen LogP contribution is 2.45. The van der Waals surface area contributed by atoms with Crippen LogP contribution in [0.2, 0.25) is 0 Å². The highest BCUT2D eigenvalue weighted by Gasteiger charge is 2.37. The molecule has 0 saturated carbocycles. The van der Waals surface area contributed by atoms with E-state index in [-0.39, 0.29) is 5.57 Å². The monoisotopic (exact) mass is 748 g/mol. The van der Waals surface area contributed by atoms with Crippen LogP contribution in [0.1, 0.15) is 22.3 Å². The van der Waals surface area contributed by atoms with Crippen LogP contribution in [0, 0.1) is 11.3 Å². The van der Waals surface area contributed by atoms with Gasteiger partial charge in [0.05, 0.1) is 0 Å². The molecule has 0 aromatic heterocycles. The number of carboxylic acid groups (broad SMARTS) is 1. The van der Waals surface area contributed by atoms with Crippen molar-refractivity contribution in [2.75, 3.05) is 4.90 Å². The summed E-state index contributed by atoms with van der Waals surface area (Å²) in [5.41, 5.74) is 10.1. The number of hydrogen-bond acceptors (Lipinski definition) is 4. The number of nitrogens with zero attached hydrogens (tertiary/aromatic N) is 2. The minimum atomic E-state index is -1.24. The highest BCUT2D eigenvalue weighted by molar-refractivity contribution is 5.97. The summed E-state index contributed by atoms with van der Waals surface area (Å²) < 4.78 is 7.08. The number of para-hydroxylation sites is 2. The zero-order chi connectivity index (χ0) is 39.5. The lowest BCUT2D eigenvalue weighted by atomic mass is 9.82. The van der Waals surface area contributed by atoms with Gasteiger partial charge in [0, 0.05) is 33.8 Å². The number of rotatable bonds is 9. The predicted octanol–water partition coefficient (Wildman–Crippen LogP) is 13.0. The van der Waals surface area contributed by atoms with E-state index in [1.54, 1.807) is 6.07 Å². The lowest BCUT2D eigenvalue weighted by Crippen LogP contribution is -2.34. The highest BCUT2D eigenvalue weighted by atomic mass is 16.5. The molecular weight excluding hydrogens is 713 g/mol. The van der Waals surface area contributed by atoms with E-state index in [1.807, 2.05) is 54.6 Å². The van der Waals surface area contributed by atoms with E-state index in [9.17, 15) is 9.90 Å². The Morgan fingerprint density at radius 3 is 1.71 bits per heavy atom. The third kappa shape index (κ3) is 6.81. The lowest BCUT2D eigenvalue weighted by molar-refractivity contribution is -0.132. The molecule has 5 heteroatoms. The largest absolute Gasteiger partial charge is 0.477 e. The fraction of sp³-hybridized carbons (Fsp3) is 0.0189. The third-order valence-corrected chi connectivity index (χ3v) is 10.7. The second-order valence-corrected chi connectivity index (χ2v) is 14.2. The van der Waals surface area contributed by atoms with E-state index in [0.29, 0.717) is 5.56 Å². The predicted molar refractivity (Wildman–Crippen MR) is 234 cm³/mol. The number of anilines is 3. The van der Waals surface area contributed by atoms with Crippen LogP contribution >= 0.6 is 0 Å². The van der Waals surface area contributed by atoms with Gasteiger partial charge in [0.15, 0.2) is 5.60 Å². The Kier molecular flexibility index (Phi) is 9.43. The summed E-state index contributed by atoms with van der Waals surface area (Å²) in [6.45, 7) is 0. The van der Waals surface area contributed by atoms with E-state index in [1.165, 1.54) is 6.08 Å². The van der Waals surface area contributed by atoms with Crippen molar-refractivity contribution in [2.45, 2.75) is 5.60 Å². The van der Waals surface area contributed by atoms with Crippen molar-refractivity contribution in [1.82, 2.24) is 0 Å². The smallest absolute Gasteiger partial charge is 0.346 e. The van der Waals surface area contributed by atoms with Gasteiger partial charge in [0.1, 0.15) is 17.4 Å². The molecule has 1 aliphatic rings. The van der Waals surface area contributed by atoms with Crippen molar-refractivity contribution >= 4 is 46.0 Å². The van der Waals surface area contributed by atoms with Crippen molar-refractivity contribution in [3.63, 3.8) is 0 Å². The first-order chi connectivity index (χ1) is 28.5. The molecule has 1 N–H and O–H groups in total. The molecule has 58 heavy (non-hydrogen) atoms. The minimum Gasteiger partial charge on any atom is -0.477 e. The summed E-state index contributed by atoms with van der Waals surface area (Å²) in [6, 6.07) is 68.3. The zero-order valence-corrected chi connectivity index (χ0v) is 31.4. The first-order valence-corrected chi connectivity index (χ1v) is 19.1. The van der Waals surface area contributed by atoms with Crippen molar-refractivity contribution < 1.29 is 14.6 Å². The summed E-state index contributed by atoms with van der Waals surface area (Å²) in [5.74, 6) is -0.435. The molecule has 8 aromatic rings. The molecule has 0 radical (unpaired) electrons. The normalized spacial score (nSPS) is 14.6. The van der Waals surface area contributed by atoms with E-state index in [4.69, 9.17) is 10.00 Å². The van der Waals surface area contributed by atoms with Gasteiger partial charge >= 0.3 is 5.97 Å². The van der Waals surface area contributed by atoms with Crippen LogP contribution in [0.4, 0.5) is 17.1 Å². The summed E-state index contributed by atoms with van der Waals surface area (Å²) in [5, 5.41) is 20.6. The molecule has 1 unspecified atom stereocenters. The molecule has 0 amide bonds. The fourth-order valence-corrected chi connectivity index (χ4v) is 7.74. The molecule has 0 spiro atoms. The summed E-state index contributed by atoms with van der Waals surface area (Å²) in [4.78, 5) is 13.6. The molecule has 0 bridgehead atoms. The molecule has 8 aromatic carbocycles. The van der Waals surface area contributed by atoms with Crippen LogP contribution in [0.3, 0.4) is 0 Å². The third-order valence-electron chi connectivity index (χ3n) is 10.7. The quantitative estimate of drug-likeness (QED) is 0.118. The van der Waals surface area contributed by atoms with Crippen LogP contribution in [0.5, 0.6) is 5.75 Å². The summed E-state index contributed by atoms with van der Waals surface area (Å²) in [7, 11) is 0. The maximum Gasteiger partial charge on any atom is 0.346 e. The van der Waals surface area contributed by atoms with Crippen LogP contribution in [-0.2, 0) is 10.4 Å². The molecule has 276 valence electrons. The lowest BCUT2D eigenvalue weighted by Gasteiger charge is -2.36. The van der Waals surface area contributed by atoms with Gasteiger partial charge < -0.3 is 14.7 Å². The maximum atomic E-state index is 11.3. The van der Waals surface area contributed by atoms with E-state index >= 15 is 0 Å². The van der Waals surface area contributed by atoms with Crippen LogP contribution in [-0.4, -0.2) is 11.1 Å². The number of benzene rings is 8. The van der Waals surface area contributed by atoms with Crippen molar-refractivity contribution in [3.05, 3.63) is 228 Å². The van der Waals surface area contributed by atoms with Crippen LogP contribution in [0.25, 0.3) is 45.2 Å². The number of ether oxygens (including phenoxy) is 1. The van der Waals surface area contributed by atoms with Crippen molar-refractivity contribution in [3.8, 4) is 34.1 Å². The Morgan fingerprint density at radius 1 is 0.586 bits per heavy atom. The van der Waals surface area contributed by atoms with E-state index in [2.05, 4.69) is 157 Å². The molecular formula is C53H36N2O3. The van der Waals surface area contributed by atoms with Crippen LogP contribution in [0.15, 0.2) is 206 Å². The molecule has 0 saturated heterocycles. The Bertz CT molecular complexity index is 2820. The number of aliphatic carboxylic acids is 1. The first kappa shape index (κ1) is 35.7. The number of fused-ring (bicyclic) bond motifs is 3. The SMILES string of the molecule is N#C/C(=C\c1ccc(-c2ccc(C3(c4ccccc4)C=Cc4c(ccc5cc(-c6ccc(N(c7ccccc7)c7ccccc7)cc6)ccc45)O3)cc2)cc1)C(=O)O. The molecule has 1 heterocycles. The fourth-order valence-electron chi connectivity index (χ4n) is 7.74. The van der Waals surface area contributed by atoms with Gasteiger partial charge in [-0.05, 0) is 105 Å². The van der Waals surface area contributed by atoms with E-state index < -0.39 is 11.6 Å². The molecule has 0 aliphatic carbocycles. The van der Waals surface area contributed by atoms with Crippen molar-refractivity contribution in [2.24, 2.45) is 0 Å². The summed E-state index contributed by atoms with van der Waals surface area (Å²) >= 11 is 0. The standard InChI is InChI=1S/C53H36N2O3/c54-36-43(52(56)57)34-37-16-18-38(19-17-37)39-20-26-45(27-21-39)53(44-10-4-1-5-11-44)33-32-50-49-30-24-41(35-42(49)25-31-51(50)58-53)40-22-28-48(29-23-40)55(46-12-6-2-7-13-46)47-14-8-3-9-15-47/h1-35H,(H,56,57)/b43-34+. The number of carbonyl (C=O) groups is 1. The van der Waals surface area contributed by atoms with Gasteiger partial charge in [-0.1, -0.05) is 146 Å². The second kappa shape index (κ2) is 15.3. The Balaban J connectivity index is 1.01. The number of nitriles is 1. The zero-order valence-electron chi connectivity index (χ0n) is 31.4. The molecule has 5 nitrogen and oxygen atoms in total.